The summed E-state index contributed by atoms with van der Waals surface area (Å²) in [5.74, 6) is 0.891. The highest BCUT2D eigenvalue weighted by Gasteiger charge is 2.04. The number of pyridine rings is 1. The quantitative estimate of drug-likeness (QED) is 0.757. The minimum Gasteiger partial charge on any atom is -0.495 e. The Kier molecular flexibility index (Phi) is 2.88. The van der Waals surface area contributed by atoms with Gasteiger partial charge in [-0.3, -0.25) is 4.98 Å². The monoisotopic (exact) mass is 215 g/mol. The molecular weight excluding hydrogens is 206 g/mol. The fraction of sp³-hybridized carbons (Fsp3) is 0.375. The van der Waals surface area contributed by atoms with Gasteiger partial charge in [-0.2, -0.15) is 0 Å². The van der Waals surface area contributed by atoms with Crippen LogP contribution in [0.15, 0.2) is 16.9 Å². The van der Waals surface area contributed by atoms with E-state index in [1.165, 1.54) is 0 Å². The second kappa shape index (κ2) is 3.72. The molecule has 0 aromatic carbocycles. The van der Waals surface area contributed by atoms with Gasteiger partial charge < -0.3 is 4.74 Å². The Bertz CT molecular complexity index is 250. The first-order chi connectivity index (χ1) is 5.29. The number of aryl methyl sites for hydroxylation is 1. The molecule has 3 heteroatoms. The van der Waals surface area contributed by atoms with Gasteiger partial charge in [-0.05, 0) is 22.4 Å². The first-order valence-electron chi connectivity index (χ1n) is 3.46. The number of nitrogens with zero attached hydrogens (tertiary/aromatic N) is 1. The molecule has 1 aromatic heterocycles. The first kappa shape index (κ1) is 8.53. The Morgan fingerprint density at radius 1 is 1.55 bits per heavy atom. The lowest BCUT2D eigenvalue weighted by molar-refractivity contribution is 0.406. The van der Waals surface area contributed by atoms with E-state index in [0.717, 1.165) is 22.2 Å². The number of halogens is 1. The third-order valence-electron chi connectivity index (χ3n) is 1.51. The van der Waals surface area contributed by atoms with E-state index in [1.807, 2.05) is 6.20 Å². The highest BCUT2D eigenvalue weighted by Crippen LogP contribution is 2.27. The normalized spacial score (nSPS) is 9.73. The Morgan fingerprint density at radius 3 is 2.73 bits per heavy atom. The lowest BCUT2D eigenvalue weighted by Gasteiger charge is -2.06. The number of rotatable bonds is 2. The molecule has 1 heterocycles. The first-order valence-corrected chi connectivity index (χ1v) is 4.25. The van der Waals surface area contributed by atoms with Crippen LogP contribution >= 0.6 is 15.9 Å². The van der Waals surface area contributed by atoms with E-state index >= 15 is 0 Å². The zero-order valence-electron chi connectivity index (χ0n) is 6.60. The van der Waals surface area contributed by atoms with Gasteiger partial charge in [0.15, 0.2) is 0 Å². The van der Waals surface area contributed by atoms with Crippen LogP contribution in [-0.2, 0) is 6.42 Å². The van der Waals surface area contributed by atoms with Crippen molar-refractivity contribution in [1.29, 1.82) is 0 Å². The molecule has 0 bridgehead atoms. The van der Waals surface area contributed by atoms with Crippen molar-refractivity contribution in [3.8, 4) is 5.75 Å². The molecule has 0 spiro atoms. The van der Waals surface area contributed by atoms with Crippen molar-refractivity contribution in [2.24, 2.45) is 0 Å². The van der Waals surface area contributed by atoms with E-state index in [0.29, 0.717) is 0 Å². The van der Waals surface area contributed by atoms with Crippen LogP contribution in [0.4, 0.5) is 0 Å². The minimum absolute atomic E-state index is 0.891. The summed E-state index contributed by atoms with van der Waals surface area (Å²) in [5.41, 5.74) is 1.13. The number of aromatic nitrogens is 1. The molecule has 60 valence electrons. The van der Waals surface area contributed by atoms with Crippen molar-refractivity contribution in [2.75, 3.05) is 7.11 Å². The molecule has 1 rings (SSSR count). The second-order valence-electron chi connectivity index (χ2n) is 2.17. The van der Waals surface area contributed by atoms with Crippen LogP contribution in [-0.4, -0.2) is 12.1 Å². The molecule has 0 saturated heterocycles. The van der Waals surface area contributed by atoms with Crippen LogP contribution in [0.1, 0.15) is 12.5 Å². The summed E-state index contributed by atoms with van der Waals surface area (Å²) in [6.45, 7) is 2.08. The van der Waals surface area contributed by atoms with E-state index in [9.17, 15) is 0 Å². The summed E-state index contributed by atoms with van der Waals surface area (Å²) in [5, 5.41) is 0. The Hall–Kier alpha value is -0.570. The van der Waals surface area contributed by atoms with Crippen molar-refractivity contribution < 1.29 is 4.74 Å². The highest BCUT2D eigenvalue weighted by atomic mass is 79.9. The molecule has 1 aromatic rings. The third kappa shape index (κ3) is 1.71. The lowest BCUT2D eigenvalue weighted by atomic mass is 10.2. The van der Waals surface area contributed by atoms with Crippen LogP contribution < -0.4 is 4.74 Å². The molecule has 0 N–H and O–H groups in total. The van der Waals surface area contributed by atoms with Crippen LogP contribution in [0.5, 0.6) is 5.75 Å². The molecule has 0 unspecified atom stereocenters. The Morgan fingerprint density at radius 2 is 2.27 bits per heavy atom. The standard InChI is InChI=1S/C8H10BrNO/c1-3-6-4-10-5-7(9)8(6)11-2/h4-5H,3H2,1-2H3. The van der Waals surface area contributed by atoms with Gasteiger partial charge in [-0.15, -0.1) is 0 Å². The average Bonchev–Trinajstić information content (AvgIpc) is 2.04. The van der Waals surface area contributed by atoms with Gasteiger partial charge in [0.1, 0.15) is 5.75 Å². The highest BCUT2D eigenvalue weighted by molar-refractivity contribution is 9.10. The van der Waals surface area contributed by atoms with Crippen LogP contribution in [0, 0.1) is 0 Å². The fourth-order valence-electron chi connectivity index (χ4n) is 0.944. The maximum atomic E-state index is 5.18. The van der Waals surface area contributed by atoms with Gasteiger partial charge in [-0.25, -0.2) is 0 Å². The predicted octanol–water partition coefficient (Wildman–Crippen LogP) is 2.42. The number of methoxy groups -OCH3 is 1. The summed E-state index contributed by atoms with van der Waals surface area (Å²) >= 11 is 3.36. The summed E-state index contributed by atoms with van der Waals surface area (Å²) in [7, 11) is 1.67. The number of ether oxygens (including phenoxy) is 1. The number of hydrogen-bond acceptors (Lipinski definition) is 2. The topological polar surface area (TPSA) is 22.1 Å². The molecule has 0 aliphatic carbocycles. The molecule has 0 atom stereocenters. The molecule has 0 amide bonds. The maximum Gasteiger partial charge on any atom is 0.139 e. The van der Waals surface area contributed by atoms with Crippen molar-refractivity contribution in [1.82, 2.24) is 4.98 Å². The van der Waals surface area contributed by atoms with Crippen LogP contribution in [0.3, 0.4) is 0 Å². The van der Waals surface area contributed by atoms with Gasteiger partial charge in [0.2, 0.25) is 0 Å². The smallest absolute Gasteiger partial charge is 0.139 e. The number of hydrogen-bond donors (Lipinski definition) is 0. The summed E-state index contributed by atoms with van der Waals surface area (Å²) in [6, 6.07) is 0. The van der Waals surface area contributed by atoms with E-state index in [4.69, 9.17) is 4.74 Å². The second-order valence-corrected chi connectivity index (χ2v) is 3.02. The summed E-state index contributed by atoms with van der Waals surface area (Å²) in [4.78, 5) is 4.04. The molecule has 0 aliphatic rings. The lowest BCUT2D eigenvalue weighted by Crippen LogP contribution is -1.92. The van der Waals surface area contributed by atoms with Crippen molar-refractivity contribution >= 4 is 15.9 Å². The summed E-state index contributed by atoms with van der Waals surface area (Å²) in [6.07, 6.45) is 4.50. The van der Waals surface area contributed by atoms with E-state index < -0.39 is 0 Å². The zero-order chi connectivity index (χ0) is 8.27. The Balaban J connectivity index is 3.13. The molecule has 11 heavy (non-hydrogen) atoms. The molecule has 0 fully saturated rings. The molecule has 2 nitrogen and oxygen atoms in total. The van der Waals surface area contributed by atoms with E-state index in [1.54, 1.807) is 13.3 Å². The van der Waals surface area contributed by atoms with E-state index in [-0.39, 0.29) is 0 Å². The largest absolute Gasteiger partial charge is 0.495 e. The minimum atomic E-state index is 0.891. The van der Waals surface area contributed by atoms with Gasteiger partial charge in [0, 0.05) is 18.0 Å². The van der Waals surface area contributed by atoms with Gasteiger partial charge in [0.25, 0.3) is 0 Å². The molecule has 0 saturated carbocycles. The zero-order valence-corrected chi connectivity index (χ0v) is 8.18. The van der Waals surface area contributed by atoms with Crippen molar-refractivity contribution in [2.45, 2.75) is 13.3 Å². The predicted molar refractivity (Wildman–Crippen MR) is 47.9 cm³/mol. The van der Waals surface area contributed by atoms with Gasteiger partial charge in [-0.1, -0.05) is 6.92 Å². The van der Waals surface area contributed by atoms with Crippen molar-refractivity contribution in [3.05, 3.63) is 22.4 Å². The van der Waals surface area contributed by atoms with Gasteiger partial charge >= 0.3 is 0 Å². The van der Waals surface area contributed by atoms with Crippen molar-refractivity contribution in [3.63, 3.8) is 0 Å². The Labute approximate surface area is 74.7 Å². The molecule has 0 radical (unpaired) electrons. The summed E-state index contributed by atoms with van der Waals surface area (Å²) < 4.78 is 6.10. The van der Waals surface area contributed by atoms with Crippen LogP contribution in [0.2, 0.25) is 0 Å². The average molecular weight is 216 g/mol. The fourth-order valence-corrected chi connectivity index (χ4v) is 1.48. The maximum absolute atomic E-state index is 5.18. The van der Waals surface area contributed by atoms with Crippen LogP contribution in [0.25, 0.3) is 0 Å². The van der Waals surface area contributed by atoms with E-state index in [2.05, 4.69) is 27.8 Å². The SMILES string of the molecule is CCc1cncc(Br)c1OC. The molecular formula is C8H10BrNO. The van der Waals surface area contributed by atoms with Gasteiger partial charge in [0.05, 0.1) is 11.6 Å². The third-order valence-corrected chi connectivity index (χ3v) is 2.08. The molecule has 0 aliphatic heterocycles.